The molecule has 1 aliphatic carbocycles. The largest absolute Gasteiger partial charge is 0.274 e. The van der Waals surface area contributed by atoms with Crippen molar-refractivity contribution in [1.82, 2.24) is 4.98 Å². The van der Waals surface area contributed by atoms with Crippen molar-refractivity contribution < 1.29 is 12.6 Å². The first kappa shape index (κ1) is 13.0. The van der Waals surface area contributed by atoms with E-state index in [1.54, 1.807) is 31.3 Å². The molecule has 0 fully saturated rings. The highest BCUT2D eigenvalue weighted by Crippen LogP contribution is 2.28. The van der Waals surface area contributed by atoms with E-state index in [0.29, 0.717) is 17.7 Å². The predicted octanol–water partition coefficient (Wildman–Crippen LogP) is 2.16. The Bertz CT molecular complexity index is 561. The van der Waals surface area contributed by atoms with Crippen LogP contribution in [0.2, 0.25) is 0 Å². The fraction of sp³-hybridized carbons (Fsp3) is 0.308. The molecule has 4 nitrogen and oxygen atoms in total. The second-order valence-electron chi connectivity index (χ2n) is 3.89. The molecule has 18 heavy (non-hydrogen) atoms. The molecule has 0 radical (unpaired) electrons. The number of aromatic nitrogens is 1. The minimum absolute atomic E-state index is 0.151. The van der Waals surface area contributed by atoms with Crippen LogP contribution in [0.5, 0.6) is 0 Å². The van der Waals surface area contributed by atoms with Crippen molar-refractivity contribution in [2.45, 2.75) is 18.6 Å². The highest BCUT2D eigenvalue weighted by molar-refractivity contribution is 7.87. The topological polar surface area (TPSA) is 56.3 Å². The first-order valence-electron chi connectivity index (χ1n) is 5.81. The molecule has 96 valence electrons. The van der Waals surface area contributed by atoms with Crippen molar-refractivity contribution in [3.63, 3.8) is 0 Å². The summed E-state index contributed by atoms with van der Waals surface area (Å²) in [4.78, 5) is 4.20. The molecule has 0 saturated carbocycles. The highest BCUT2D eigenvalue weighted by Gasteiger charge is 2.31. The number of nitrogens with zero attached hydrogens (tertiary/aromatic N) is 1. The first-order chi connectivity index (χ1) is 8.65. The van der Waals surface area contributed by atoms with Gasteiger partial charge in [0.25, 0.3) is 10.1 Å². The van der Waals surface area contributed by atoms with Crippen LogP contribution < -0.4 is 0 Å². The van der Waals surface area contributed by atoms with Gasteiger partial charge in [0, 0.05) is 6.20 Å². The molecule has 1 atom stereocenters. The fourth-order valence-corrected chi connectivity index (χ4v) is 3.26. The van der Waals surface area contributed by atoms with Crippen LogP contribution >= 0.6 is 0 Å². The molecule has 2 rings (SSSR count). The normalized spacial score (nSPS) is 19.6. The quantitative estimate of drug-likeness (QED) is 0.783. The maximum Gasteiger partial charge on any atom is 0.274 e. The summed E-state index contributed by atoms with van der Waals surface area (Å²) < 4.78 is 29.0. The molecule has 5 heteroatoms. The molecule has 0 aliphatic heterocycles. The first-order valence-corrected chi connectivity index (χ1v) is 7.28. The molecule has 1 aromatic heterocycles. The van der Waals surface area contributed by atoms with Gasteiger partial charge in [-0.15, -0.1) is 0 Å². The van der Waals surface area contributed by atoms with Crippen LogP contribution in [-0.4, -0.2) is 25.3 Å². The van der Waals surface area contributed by atoms with E-state index in [0.717, 1.165) is 0 Å². The summed E-state index contributed by atoms with van der Waals surface area (Å²) in [7, 11) is -3.59. The smallest absolute Gasteiger partial charge is 0.270 e. The van der Waals surface area contributed by atoms with E-state index in [1.165, 1.54) is 0 Å². The minimum Gasteiger partial charge on any atom is -0.270 e. The molecule has 0 saturated heterocycles. The Kier molecular flexibility index (Phi) is 3.93. The average Bonchev–Trinajstić information content (AvgIpc) is 2.40. The Morgan fingerprint density at radius 1 is 1.44 bits per heavy atom. The number of rotatable bonds is 4. The summed E-state index contributed by atoms with van der Waals surface area (Å²) in [6, 6.07) is 5.44. The molecule has 0 bridgehead atoms. The van der Waals surface area contributed by atoms with Crippen LogP contribution in [0.3, 0.4) is 0 Å². The number of pyridine rings is 1. The maximum atomic E-state index is 12.0. The van der Waals surface area contributed by atoms with Gasteiger partial charge >= 0.3 is 0 Å². The predicted molar refractivity (Wildman–Crippen MR) is 70.3 cm³/mol. The maximum absolute atomic E-state index is 12.0. The standard InChI is InChI=1S/C13H15NO3S/c1-2-17-18(15,16)13-9-4-3-7-11(13)12-8-5-6-10-14-12/h3-8,10,13H,2,9H2,1H3. The van der Waals surface area contributed by atoms with E-state index >= 15 is 0 Å². The molecule has 1 unspecified atom stereocenters. The summed E-state index contributed by atoms with van der Waals surface area (Å²) in [5.74, 6) is 0. The zero-order valence-electron chi connectivity index (χ0n) is 10.1. The SMILES string of the molecule is CCOS(=O)(=O)C1CC=CC=C1c1ccccn1. The number of hydrogen-bond acceptors (Lipinski definition) is 4. The number of allylic oxidation sites excluding steroid dienone is 3. The summed E-state index contributed by atoms with van der Waals surface area (Å²) in [5.41, 5.74) is 1.36. The van der Waals surface area contributed by atoms with Crippen LogP contribution in [0.4, 0.5) is 0 Å². The molecule has 0 aromatic carbocycles. The van der Waals surface area contributed by atoms with Gasteiger partial charge in [-0.3, -0.25) is 9.17 Å². The Hall–Kier alpha value is -1.46. The third-order valence-corrected chi connectivity index (χ3v) is 4.41. The van der Waals surface area contributed by atoms with E-state index in [4.69, 9.17) is 4.18 Å². The lowest BCUT2D eigenvalue weighted by Crippen LogP contribution is -2.26. The van der Waals surface area contributed by atoms with Gasteiger partial charge < -0.3 is 0 Å². The molecule has 0 N–H and O–H groups in total. The Morgan fingerprint density at radius 3 is 2.94 bits per heavy atom. The van der Waals surface area contributed by atoms with Gasteiger partial charge in [-0.25, -0.2) is 0 Å². The van der Waals surface area contributed by atoms with Crippen LogP contribution in [0.1, 0.15) is 19.0 Å². The van der Waals surface area contributed by atoms with Gasteiger partial charge in [-0.1, -0.05) is 24.3 Å². The van der Waals surface area contributed by atoms with Crippen molar-refractivity contribution in [3.05, 3.63) is 48.3 Å². The molecule has 1 aromatic rings. The van der Waals surface area contributed by atoms with E-state index in [9.17, 15) is 8.42 Å². The van der Waals surface area contributed by atoms with Crippen molar-refractivity contribution in [2.24, 2.45) is 0 Å². The number of hydrogen-bond donors (Lipinski definition) is 0. The van der Waals surface area contributed by atoms with Gasteiger partial charge in [0.2, 0.25) is 0 Å². The van der Waals surface area contributed by atoms with Crippen LogP contribution in [0.25, 0.3) is 5.57 Å². The zero-order valence-corrected chi connectivity index (χ0v) is 10.9. The summed E-state index contributed by atoms with van der Waals surface area (Å²) >= 11 is 0. The van der Waals surface area contributed by atoms with E-state index < -0.39 is 15.4 Å². The fourth-order valence-electron chi connectivity index (χ4n) is 1.91. The molecular weight excluding hydrogens is 250 g/mol. The van der Waals surface area contributed by atoms with Crippen LogP contribution in [-0.2, 0) is 14.3 Å². The summed E-state index contributed by atoms with van der Waals surface area (Å²) in [6.07, 6.45) is 7.53. The van der Waals surface area contributed by atoms with Crippen molar-refractivity contribution >= 4 is 15.7 Å². The third-order valence-electron chi connectivity index (χ3n) is 2.70. The molecule has 0 spiro atoms. The molecular formula is C13H15NO3S. The van der Waals surface area contributed by atoms with Gasteiger partial charge in [0.05, 0.1) is 12.3 Å². The zero-order chi connectivity index (χ0) is 13.0. The highest BCUT2D eigenvalue weighted by atomic mass is 32.2. The molecule has 0 amide bonds. The lowest BCUT2D eigenvalue weighted by atomic mass is 10.0. The van der Waals surface area contributed by atoms with Crippen LogP contribution in [0.15, 0.2) is 42.6 Å². The van der Waals surface area contributed by atoms with Crippen LogP contribution in [0, 0.1) is 0 Å². The average molecular weight is 265 g/mol. The monoisotopic (exact) mass is 265 g/mol. The Balaban J connectivity index is 2.38. The minimum atomic E-state index is -3.59. The van der Waals surface area contributed by atoms with Gasteiger partial charge in [-0.05, 0) is 31.1 Å². The van der Waals surface area contributed by atoms with Gasteiger partial charge in [0.1, 0.15) is 5.25 Å². The Labute approximate surface area is 107 Å². The van der Waals surface area contributed by atoms with Crippen molar-refractivity contribution in [1.29, 1.82) is 0 Å². The molecule has 1 aliphatic rings. The van der Waals surface area contributed by atoms with Gasteiger partial charge in [-0.2, -0.15) is 8.42 Å². The van der Waals surface area contributed by atoms with Crippen molar-refractivity contribution in [3.8, 4) is 0 Å². The Morgan fingerprint density at radius 2 is 2.28 bits per heavy atom. The van der Waals surface area contributed by atoms with Gasteiger partial charge in [0.15, 0.2) is 0 Å². The van der Waals surface area contributed by atoms with E-state index in [2.05, 4.69) is 4.98 Å². The van der Waals surface area contributed by atoms with E-state index in [1.807, 2.05) is 18.2 Å². The summed E-state index contributed by atoms with van der Waals surface area (Å²) in [5, 5.41) is -0.669. The summed E-state index contributed by atoms with van der Waals surface area (Å²) in [6.45, 7) is 1.82. The lowest BCUT2D eigenvalue weighted by molar-refractivity contribution is 0.334. The van der Waals surface area contributed by atoms with E-state index in [-0.39, 0.29) is 6.61 Å². The second kappa shape index (κ2) is 5.46. The lowest BCUT2D eigenvalue weighted by Gasteiger charge is -2.20. The van der Waals surface area contributed by atoms with Crippen molar-refractivity contribution in [2.75, 3.05) is 6.61 Å². The third kappa shape index (κ3) is 2.68. The second-order valence-corrected chi connectivity index (χ2v) is 5.68. The molecule has 1 heterocycles.